The molecule has 0 nitrogen and oxygen atoms in total. The molecule has 0 atom stereocenters. The Morgan fingerprint density at radius 2 is 2.00 bits per heavy atom. The van der Waals surface area contributed by atoms with Gasteiger partial charge in [-0.3, -0.25) is 0 Å². The van der Waals surface area contributed by atoms with E-state index in [-0.39, 0.29) is 5.83 Å². The molecule has 1 heteroatoms. The van der Waals surface area contributed by atoms with Gasteiger partial charge in [0.05, 0.1) is 0 Å². The molecule has 0 aliphatic rings. The van der Waals surface area contributed by atoms with Crippen LogP contribution in [0.5, 0.6) is 0 Å². The van der Waals surface area contributed by atoms with Gasteiger partial charge in [-0.1, -0.05) is 30.4 Å². The van der Waals surface area contributed by atoms with E-state index in [1.54, 1.807) is 18.2 Å². The minimum atomic E-state index is -0.258. The van der Waals surface area contributed by atoms with Crippen LogP contribution >= 0.6 is 0 Å². The zero-order valence-electron chi connectivity index (χ0n) is 6.97. The molecule has 0 saturated carbocycles. The molecule has 0 rings (SSSR count). The van der Waals surface area contributed by atoms with Gasteiger partial charge in [-0.15, -0.1) is 0 Å². The second-order valence-corrected chi connectivity index (χ2v) is 2.26. The minimum Gasteiger partial charge on any atom is -0.207 e. The summed E-state index contributed by atoms with van der Waals surface area (Å²) in [4.78, 5) is 0. The third kappa shape index (κ3) is 6.78. The molecule has 0 aliphatic heterocycles. The number of hydrogen-bond donors (Lipinski definition) is 0. The SMILES string of the molecule is C=C(C)\C=C/C(F)=C\C=C\C. The van der Waals surface area contributed by atoms with Gasteiger partial charge in [-0.2, -0.15) is 0 Å². The van der Waals surface area contributed by atoms with Gasteiger partial charge < -0.3 is 0 Å². The maximum absolute atomic E-state index is 12.6. The molecule has 60 valence electrons. The summed E-state index contributed by atoms with van der Waals surface area (Å²) in [5, 5.41) is 0. The van der Waals surface area contributed by atoms with Crippen molar-refractivity contribution in [3.05, 3.63) is 48.4 Å². The molecule has 0 fully saturated rings. The van der Waals surface area contributed by atoms with Crippen LogP contribution in [0, 0.1) is 0 Å². The molecule has 0 N–H and O–H groups in total. The molecule has 0 bridgehead atoms. The predicted molar refractivity (Wildman–Crippen MR) is 48.0 cm³/mol. The van der Waals surface area contributed by atoms with E-state index in [0.717, 1.165) is 5.57 Å². The van der Waals surface area contributed by atoms with Crippen molar-refractivity contribution in [2.75, 3.05) is 0 Å². The van der Waals surface area contributed by atoms with E-state index in [1.165, 1.54) is 12.2 Å². The second kappa shape index (κ2) is 5.66. The first-order valence-corrected chi connectivity index (χ1v) is 3.49. The molecular formula is C10H13F. The van der Waals surface area contributed by atoms with Crippen LogP contribution in [-0.2, 0) is 0 Å². The summed E-state index contributed by atoms with van der Waals surface area (Å²) < 4.78 is 12.6. The molecule has 0 amide bonds. The van der Waals surface area contributed by atoms with Gasteiger partial charge in [0.1, 0.15) is 5.83 Å². The molecule has 0 radical (unpaired) electrons. The molecule has 0 aromatic heterocycles. The third-order valence-corrected chi connectivity index (χ3v) is 0.975. The lowest BCUT2D eigenvalue weighted by Crippen LogP contribution is -1.65. The van der Waals surface area contributed by atoms with Crippen LogP contribution in [0.3, 0.4) is 0 Å². The van der Waals surface area contributed by atoms with Gasteiger partial charge in [-0.25, -0.2) is 4.39 Å². The maximum atomic E-state index is 12.6. The van der Waals surface area contributed by atoms with Gasteiger partial charge in [0.25, 0.3) is 0 Å². The van der Waals surface area contributed by atoms with Gasteiger partial charge in [0.2, 0.25) is 0 Å². The fraction of sp³-hybridized carbons (Fsp3) is 0.200. The lowest BCUT2D eigenvalue weighted by molar-refractivity contribution is 0.667. The topological polar surface area (TPSA) is 0 Å². The maximum Gasteiger partial charge on any atom is 0.123 e. The highest BCUT2D eigenvalue weighted by Gasteiger charge is 1.82. The lowest BCUT2D eigenvalue weighted by atomic mass is 10.3. The van der Waals surface area contributed by atoms with Crippen LogP contribution in [0.15, 0.2) is 48.4 Å². The standard InChI is InChI=1S/C10H13F/c1-4-5-6-10(11)8-7-9(2)3/h4-8H,2H2,1,3H3/b5-4+,8-7-,10-6+. The first kappa shape index (κ1) is 9.89. The van der Waals surface area contributed by atoms with Gasteiger partial charge in [-0.05, 0) is 26.0 Å². The molecule has 0 aromatic rings. The van der Waals surface area contributed by atoms with Gasteiger partial charge in [0, 0.05) is 0 Å². The van der Waals surface area contributed by atoms with Crippen LogP contribution < -0.4 is 0 Å². The zero-order valence-corrected chi connectivity index (χ0v) is 6.97. The molecule has 11 heavy (non-hydrogen) atoms. The normalized spacial score (nSPS) is 13.2. The Morgan fingerprint density at radius 1 is 1.36 bits per heavy atom. The minimum absolute atomic E-state index is 0.258. The van der Waals surface area contributed by atoms with Crippen molar-refractivity contribution in [2.45, 2.75) is 13.8 Å². The van der Waals surface area contributed by atoms with Crippen molar-refractivity contribution in [1.29, 1.82) is 0 Å². The van der Waals surface area contributed by atoms with E-state index in [2.05, 4.69) is 6.58 Å². The van der Waals surface area contributed by atoms with Crippen molar-refractivity contribution < 1.29 is 4.39 Å². The Bertz CT molecular complexity index is 207. The highest BCUT2D eigenvalue weighted by Crippen LogP contribution is 2.01. The quantitative estimate of drug-likeness (QED) is 0.542. The molecule has 0 saturated heterocycles. The molecule has 0 aromatic carbocycles. The van der Waals surface area contributed by atoms with Crippen LogP contribution in [0.2, 0.25) is 0 Å². The van der Waals surface area contributed by atoms with E-state index in [4.69, 9.17) is 0 Å². The van der Waals surface area contributed by atoms with Crippen molar-refractivity contribution in [3.8, 4) is 0 Å². The van der Waals surface area contributed by atoms with Crippen LogP contribution in [0.25, 0.3) is 0 Å². The summed E-state index contributed by atoms with van der Waals surface area (Å²) in [6.45, 7) is 7.27. The first-order chi connectivity index (χ1) is 5.16. The average molecular weight is 152 g/mol. The highest BCUT2D eigenvalue weighted by molar-refractivity contribution is 5.23. The van der Waals surface area contributed by atoms with Crippen molar-refractivity contribution >= 4 is 0 Å². The molecule has 0 aliphatic carbocycles. The van der Waals surface area contributed by atoms with Gasteiger partial charge in [0.15, 0.2) is 0 Å². The van der Waals surface area contributed by atoms with E-state index in [1.807, 2.05) is 13.8 Å². The monoisotopic (exact) mass is 152 g/mol. The smallest absolute Gasteiger partial charge is 0.123 e. The summed E-state index contributed by atoms with van der Waals surface area (Å²) in [6.07, 6.45) is 7.85. The van der Waals surface area contributed by atoms with Crippen molar-refractivity contribution in [2.24, 2.45) is 0 Å². The fourth-order valence-electron chi connectivity index (χ4n) is 0.466. The zero-order chi connectivity index (χ0) is 8.69. The average Bonchev–Trinajstić information content (AvgIpc) is 1.97. The summed E-state index contributed by atoms with van der Waals surface area (Å²) >= 11 is 0. The summed E-state index contributed by atoms with van der Waals surface area (Å²) in [7, 11) is 0. The summed E-state index contributed by atoms with van der Waals surface area (Å²) in [6, 6.07) is 0. The molecule has 0 unspecified atom stereocenters. The van der Waals surface area contributed by atoms with Gasteiger partial charge >= 0.3 is 0 Å². The molecule has 0 heterocycles. The Kier molecular flexibility index (Phi) is 5.09. The first-order valence-electron chi connectivity index (χ1n) is 3.49. The third-order valence-electron chi connectivity index (χ3n) is 0.975. The number of hydrogen-bond acceptors (Lipinski definition) is 0. The largest absolute Gasteiger partial charge is 0.207 e. The second-order valence-electron chi connectivity index (χ2n) is 2.26. The van der Waals surface area contributed by atoms with E-state index in [9.17, 15) is 4.39 Å². The van der Waals surface area contributed by atoms with Crippen molar-refractivity contribution in [3.63, 3.8) is 0 Å². The van der Waals surface area contributed by atoms with E-state index in [0.29, 0.717) is 0 Å². The predicted octanol–water partition coefficient (Wildman–Crippen LogP) is 3.55. The Labute approximate surface area is 67.4 Å². The number of rotatable bonds is 3. The summed E-state index contributed by atoms with van der Waals surface area (Å²) in [5.41, 5.74) is 0.842. The number of allylic oxidation sites excluding steroid dienone is 7. The van der Waals surface area contributed by atoms with Crippen molar-refractivity contribution in [1.82, 2.24) is 0 Å². The Balaban J connectivity index is 4.05. The molecular weight excluding hydrogens is 139 g/mol. The summed E-state index contributed by atoms with van der Waals surface area (Å²) in [5.74, 6) is -0.258. The van der Waals surface area contributed by atoms with E-state index < -0.39 is 0 Å². The number of halogens is 1. The highest BCUT2D eigenvalue weighted by atomic mass is 19.1. The fourth-order valence-corrected chi connectivity index (χ4v) is 0.466. The Hall–Kier alpha value is -1.11. The van der Waals surface area contributed by atoms with Crippen LogP contribution in [-0.4, -0.2) is 0 Å². The molecule has 0 spiro atoms. The Morgan fingerprint density at radius 3 is 2.45 bits per heavy atom. The lowest BCUT2D eigenvalue weighted by Gasteiger charge is -1.84. The van der Waals surface area contributed by atoms with Crippen LogP contribution in [0.4, 0.5) is 4.39 Å². The van der Waals surface area contributed by atoms with Crippen LogP contribution in [0.1, 0.15) is 13.8 Å². The van der Waals surface area contributed by atoms with E-state index >= 15 is 0 Å².